The Morgan fingerprint density at radius 3 is 2.06 bits per heavy atom. The number of hydrogen-bond acceptors (Lipinski definition) is 3. The summed E-state index contributed by atoms with van der Waals surface area (Å²) in [6, 6.07) is 23.5. The third-order valence-corrected chi connectivity index (χ3v) is 6.17. The van der Waals surface area contributed by atoms with Crippen LogP contribution in [-0.4, -0.2) is 16.7 Å². The molecule has 3 aromatic rings. The molecule has 2 amide bonds. The molecule has 1 heterocycles. The topological polar surface area (TPSA) is 49.4 Å². The van der Waals surface area contributed by atoms with E-state index in [0.29, 0.717) is 11.3 Å². The molecule has 4 nitrogen and oxygen atoms in total. The Bertz CT molecular complexity index is 1230. The third kappa shape index (κ3) is 4.61. The number of nitrogens with zero attached hydrogens (tertiary/aromatic N) is 1. The molecule has 3 aromatic carbocycles. The molecule has 1 aliphatic rings. The summed E-state index contributed by atoms with van der Waals surface area (Å²) in [7, 11) is 0. The molecule has 0 aliphatic carbocycles. The largest absolute Gasteiger partial charge is 0.350 e. The van der Waals surface area contributed by atoms with Gasteiger partial charge in [-0.3, -0.25) is 14.5 Å². The molecule has 0 saturated heterocycles. The van der Waals surface area contributed by atoms with E-state index in [0.717, 1.165) is 27.9 Å². The van der Waals surface area contributed by atoms with Crippen LogP contribution < -0.4 is 5.32 Å². The van der Waals surface area contributed by atoms with Crippen molar-refractivity contribution in [2.24, 2.45) is 0 Å². The summed E-state index contributed by atoms with van der Waals surface area (Å²) < 4.78 is 0. The van der Waals surface area contributed by atoms with Crippen molar-refractivity contribution in [3.63, 3.8) is 0 Å². The smallest absolute Gasteiger partial charge is 0.278 e. The molecular formula is C29H30N2O2. The van der Waals surface area contributed by atoms with E-state index in [1.54, 1.807) is 0 Å². The minimum Gasteiger partial charge on any atom is -0.350 e. The van der Waals surface area contributed by atoms with Crippen LogP contribution in [0.5, 0.6) is 0 Å². The summed E-state index contributed by atoms with van der Waals surface area (Å²) in [5.41, 5.74) is 6.64. The molecular weight excluding hydrogens is 408 g/mol. The number of hydrogen-bond donors (Lipinski definition) is 1. The van der Waals surface area contributed by atoms with Crippen molar-refractivity contribution in [3.8, 4) is 0 Å². The first-order valence-corrected chi connectivity index (χ1v) is 11.2. The normalized spacial score (nSPS) is 14.3. The maximum Gasteiger partial charge on any atom is 0.278 e. The van der Waals surface area contributed by atoms with Crippen LogP contribution >= 0.6 is 0 Å². The van der Waals surface area contributed by atoms with E-state index < -0.39 is 0 Å². The van der Waals surface area contributed by atoms with Crippen LogP contribution in [0.4, 0.5) is 5.69 Å². The number of rotatable bonds is 5. The molecule has 4 rings (SSSR count). The summed E-state index contributed by atoms with van der Waals surface area (Å²) >= 11 is 0. The van der Waals surface area contributed by atoms with Crippen molar-refractivity contribution >= 4 is 23.1 Å². The number of anilines is 1. The zero-order valence-corrected chi connectivity index (χ0v) is 19.9. The SMILES string of the molecule is Cc1ccc(C2=C(Nc3ccc(C(C)(C)C)cc3)C(=O)N(Cc3ccccc3)C2=O)cc1C. The van der Waals surface area contributed by atoms with Crippen molar-refractivity contribution in [2.75, 3.05) is 5.32 Å². The molecule has 4 heteroatoms. The fourth-order valence-electron chi connectivity index (χ4n) is 3.96. The molecule has 168 valence electrons. The molecule has 0 fully saturated rings. The van der Waals surface area contributed by atoms with E-state index in [9.17, 15) is 9.59 Å². The van der Waals surface area contributed by atoms with Crippen molar-refractivity contribution in [1.82, 2.24) is 4.90 Å². The fraction of sp³-hybridized carbons (Fsp3) is 0.241. The first-order chi connectivity index (χ1) is 15.6. The third-order valence-electron chi connectivity index (χ3n) is 6.17. The van der Waals surface area contributed by atoms with Gasteiger partial charge >= 0.3 is 0 Å². The summed E-state index contributed by atoms with van der Waals surface area (Å²) in [4.78, 5) is 28.3. The minimum atomic E-state index is -0.308. The fourth-order valence-corrected chi connectivity index (χ4v) is 3.96. The number of nitrogens with one attached hydrogen (secondary N) is 1. The Morgan fingerprint density at radius 1 is 0.788 bits per heavy atom. The average molecular weight is 439 g/mol. The standard InChI is InChI=1S/C29H30N2O2/c1-19-11-12-22(17-20(19)2)25-26(30-24-15-13-23(14-16-24)29(3,4)5)28(33)31(27(25)32)18-21-9-7-6-8-10-21/h6-17,30H,18H2,1-5H3. The molecule has 0 bridgehead atoms. The van der Waals surface area contributed by atoms with Gasteiger partial charge in [0, 0.05) is 5.69 Å². The van der Waals surface area contributed by atoms with Crippen molar-refractivity contribution in [2.45, 2.75) is 46.6 Å². The maximum absolute atomic E-state index is 13.5. The van der Waals surface area contributed by atoms with E-state index in [4.69, 9.17) is 0 Å². The van der Waals surface area contributed by atoms with Crippen LogP contribution in [0.2, 0.25) is 0 Å². The van der Waals surface area contributed by atoms with Gasteiger partial charge in [0.2, 0.25) is 0 Å². The minimum absolute atomic E-state index is 0.0357. The predicted octanol–water partition coefficient (Wildman–Crippen LogP) is 5.99. The first-order valence-electron chi connectivity index (χ1n) is 11.2. The average Bonchev–Trinajstić information content (AvgIpc) is 3.00. The lowest BCUT2D eigenvalue weighted by Crippen LogP contribution is -2.32. The summed E-state index contributed by atoms with van der Waals surface area (Å²) in [5.74, 6) is -0.585. The molecule has 0 unspecified atom stereocenters. The Labute approximate surface area is 195 Å². The van der Waals surface area contributed by atoms with Crippen LogP contribution in [0, 0.1) is 13.8 Å². The lowest BCUT2D eigenvalue weighted by molar-refractivity contribution is -0.137. The van der Waals surface area contributed by atoms with Crippen LogP contribution in [0.3, 0.4) is 0 Å². The van der Waals surface area contributed by atoms with Gasteiger partial charge in [-0.1, -0.05) is 81.4 Å². The Kier molecular flexibility index (Phi) is 5.94. The number of aryl methyl sites for hydroxylation is 2. The first kappa shape index (κ1) is 22.5. The summed E-state index contributed by atoms with van der Waals surface area (Å²) in [6.45, 7) is 10.8. The van der Waals surface area contributed by atoms with E-state index in [1.807, 2.05) is 74.5 Å². The monoisotopic (exact) mass is 438 g/mol. The van der Waals surface area contributed by atoms with Crippen LogP contribution in [-0.2, 0) is 21.5 Å². The van der Waals surface area contributed by atoms with Gasteiger partial charge in [0.1, 0.15) is 5.70 Å². The van der Waals surface area contributed by atoms with Crippen LogP contribution in [0.25, 0.3) is 5.57 Å². The highest BCUT2D eigenvalue weighted by molar-refractivity contribution is 6.36. The highest BCUT2D eigenvalue weighted by Gasteiger charge is 2.39. The van der Waals surface area contributed by atoms with E-state index in [1.165, 1.54) is 10.5 Å². The second-order valence-corrected chi connectivity index (χ2v) is 9.68. The quantitative estimate of drug-likeness (QED) is 0.498. The van der Waals surface area contributed by atoms with Crippen LogP contribution in [0.1, 0.15) is 48.6 Å². The summed E-state index contributed by atoms with van der Waals surface area (Å²) in [5, 5.41) is 3.27. The summed E-state index contributed by atoms with van der Waals surface area (Å²) in [6.07, 6.45) is 0. The molecule has 0 atom stereocenters. The number of carbonyl (C=O) groups excluding carboxylic acids is 2. The van der Waals surface area contributed by atoms with Crippen molar-refractivity contribution in [1.29, 1.82) is 0 Å². The molecule has 0 radical (unpaired) electrons. The van der Waals surface area contributed by atoms with Crippen molar-refractivity contribution in [3.05, 3.63) is 106 Å². The van der Waals surface area contributed by atoms with Gasteiger partial charge in [-0.25, -0.2) is 0 Å². The number of amides is 2. The van der Waals surface area contributed by atoms with Gasteiger partial charge in [-0.05, 0) is 59.2 Å². The Morgan fingerprint density at radius 2 is 1.45 bits per heavy atom. The molecule has 0 aromatic heterocycles. The molecule has 1 aliphatic heterocycles. The van der Waals surface area contributed by atoms with E-state index in [2.05, 4.69) is 38.2 Å². The van der Waals surface area contributed by atoms with Crippen LogP contribution in [0.15, 0.2) is 78.5 Å². The van der Waals surface area contributed by atoms with Gasteiger partial charge in [-0.2, -0.15) is 0 Å². The number of benzene rings is 3. The van der Waals surface area contributed by atoms with Gasteiger partial charge in [0.05, 0.1) is 12.1 Å². The highest BCUT2D eigenvalue weighted by Crippen LogP contribution is 2.33. The Balaban J connectivity index is 1.74. The molecule has 0 spiro atoms. The van der Waals surface area contributed by atoms with Gasteiger partial charge < -0.3 is 5.32 Å². The second-order valence-electron chi connectivity index (χ2n) is 9.68. The maximum atomic E-state index is 13.5. The Hall–Kier alpha value is -3.66. The number of imide groups is 1. The van der Waals surface area contributed by atoms with Crippen molar-refractivity contribution < 1.29 is 9.59 Å². The zero-order valence-electron chi connectivity index (χ0n) is 19.9. The molecule has 1 N–H and O–H groups in total. The number of carbonyl (C=O) groups is 2. The van der Waals surface area contributed by atoms with Gasteiger partial charge in [0.25, 0.3) is 11.8 Å². The molecule has 33 heavy (non-hydrogen) atoms. The zero-order chi connectivity index (χ0) is 23.8. The van der Waals surface area contributed by atoms with E-state index >= 15 is 0 Å². The van der Waals surface area contributed by atoms with Gasteiger partial charge in [0.15, 0.2) is 0 Å². The molecule has 0 saturated carbocycles. The van der Waals surface area contributed by atoms with Gasteiger partial charge in [-0.15, -0.1) is 0 Å². The highest BCUT2D eigenvalue weighted by atomic mass is 16.2. The lowest BCUT2D eigenvalue weighted by atomic mass is 9.87. The second kappa shape index (κ2) is 8.70. The lowest BCUT2D eigenvalue weighted by Gasteiger charge is -2.19. The van der Waals surface area contributed by atoms with E-state index in [-0.39, 0.29) is 23.8 Å². The predicted molar refractivity (Wildman–Crippen MR) is 134 cm³/mol.